The molecule has 1 aromatic carbocycles. The lowest BCUT2D eigenvalue weighted by Crippen LogP contribution is -2.26. The predicted octanol–water partition coefficient (Wildman–Crippen LogP) is 0.872. The molecule has 1 aromatic rings. The van der Waals surface area contributed by atoms with Gasteiger partial charge in [-0.25, -0.2) is 0 Å². The maximum atomic E-state index is 11.7. The molecule has 0 saturated carbocycles. The number of hydrogen-bond acceptors (Lipinski definition) is 3. The Morgan fingerprint density at radius 1 is 1.31 bits per heavy atom. The van der Waals surface area contributed by atoms with Gasteiger partial charge in [-0.05, 0) is 19.4 Å². The molecule has 16 heavy (non-hydrogen) atoms. The summed E-state index contributed by atoms with van der Waals surface area (Å²) in [5, 5.41) is 9.30. The van der Waals surface area contributed by atoms with Gasteiger partial charge in [-0.3, -0.25) is 4.21 Å². The molecule has 0 amide bonds. The van der Waals surface area contributed by atoms with Gasteiger partial charge in [0.25, 0.3) is 0 Å². The van der Waals surface area contributed by atoms with E-state index in [2.05, 4.69) is 6.07 Å². The van der Waals surface area contributed by atoms with Crippen LogP contribution in [0.2, 0.25) is 0 Å². The molecule has 0 aromatic heterocycles. The number of hydrogen-bond donors (Lipinski definition) is 2. The molecule has 0 aliphatic rings. The third-order valence-corrected chi connectivity index (χ3v) is 3.67. The topological polar surface area (TPSA) is 63.3 Å². The van der Waals surface area contributed by atoms with E-state index in [4.69, 9.17) is 5.73 Å². The normalized spacial score (nSPS) is 14.8. The molecule has 3 N–H and O–H groups in total. The Kier molecular flexibility index (Phi) is 5.12. The summed E-state index contributed by atoms with van der Waals surface area (Å²) in [5.41, 5.74) is 8.68. The Morgan fingerprint density at radius 3 is 2.38 bits per heavy atom. The fourth-order valence-corrected chi connectivity index (χ4v) is 2.90. The van der Waals surface area contributed by atoms with E-state index in [9.17, 15) is 9.32 Å². The van der Waals surface area contributed by atoms with Crippen LogP contribution in [0.25, 0.3) is 0 Å². The number of nitrogens with two attached hydrogens (primary N) is 1. The predicted molar refractivity (Wildman–Crippen MR) is 67.7 cm³/mol. The second kappa shape index (κ2) is 6.13. The van der Waals surface area contributed by atoms with Gasteiger partial charge in [-0.1, -0.05) is 29.3 Å². The average molecular weight is 241 g/mol. The summed E-state index contributed by atoms with van der Waals surface area (Å²) in [6, 6.07) is 6.14. The van der Waals surface area contributed by atoms with Gasteiger partial charge in [-0.2, -0.15) is 0 Å². The van der Waals surface area contributed by atoms with E-state index in [-0.39, 0.29) is 12.3 Å². The van der Waals surface area contributed by atoms with Gasteiger partial charge in [-0.15, -0.1) is 0 Å². The lowest BCUT2D eigenvalue weighted by Gasteiger charge is -2.08. The summed E-state index contributed by atoms with van der Waals surface area (Å²) in [6.45, 7) is 4.21. The Balaban J connectivity index is 2.62. The summed E-state index contributed by atoms with van der Waals surface area (Å²) in [5.74, 6) is 0.739. The standard InChI is InChI=1S/C12H19NO2S/c1-9-3-10(2)5-11(4-9)7-16(15)8-12(14)6-13/h3-5,12,14H,6-8,13H2,1-2H3. The largest absolute Gasteiger partial charge is 0.391 e. The maximum absolute atomic E-state index is 11.7. The van der Waals surface area contributed by atoms with Crippen LogP contribution in [0.3, 0.4) is 0 Å². The highest BCUT2D eigenvalue weighted by molar-refractivity contribution is 7.84. The highest BCUT2D eigenvalue weighted by Gasteiger charge is 2.08. The molecule has 0 aliphatic carbocycles. The van der Waals surface area contributed by atoms with Crippen LogP contribution in [0.15, 0.2) is 18.2 Å². The van der Waals surface area contributed by atoms with Crippen molar-refractivity contribution < 1.29 is 9.32 Å². The summed E-state index contributed by atoms with van der Waals surface area (Å²) < 4.78 is 11.7. The van der Waals surface area contributed by atoms with Gasteiger partial charge in [0, 0.05) is 23.1 Å². The molecule has 0 fully saturated rings. The van der Waals surface area contributed by atoms with Crippen LogP contribution in [-0.4, -0.2) is 27.7 Å². The molecule has 4 heteroatoms. The maximum Gasteiger partial charge on any atom is 0.0777 e. The van der Waals surface area contributed by atoms with Crippen molar-refractivity contribution in [3.8, 4) is 0 Å². The first-order chi connectivity index (χ1) is 7.51. The van der Waals surface area contributed by atoms with Crippen LogP contribution in [-0.2, 0) is 16.6 Å². The Morgan fingerprint density at radius 2 is 1.88 bits per heavy atom. The average Bonchev–Trinajstić information content (AvgIpc) is 2.15. The van der Waals surface area contributed by atoms with Gasteiger partial charge in [0.05, 0.1) is 11.9 Å². The van der Waals surface area contributed by atoms with Crippen molar-refractivity contribution in [3.05, 3.63) is 34.9 Å². The SMILES string of the molecule is Cc1cc(C)cc(CS(=O)CC(O)CN)c1. The minimum atomic E-state index is -1.05. The Hall–Kier alpha value is -0.710. The third kappa shape index (κ3) is 4.43. The number of rotatable bonds is 5. The van der Waals surface area contributed by atoms with Gasteiger partial charge < -0.3 is 10.8 Å². The third-order valence-electron chi connectivity index (χ3n) is 2.26. The number of aliphatic hydroxyl groups excluding tert-OH is 1. The van der Waals surface area contributed by atoms with Crippen molar-refractivity contribution in [2.75, 3.05) is 12.3 Å². The molecule has 2 unspecified atom stereocenters. The van der Waals surface area contributed by atoms with Crippen molar-refractivity contribution in [1.29, 1.82) is 0 Å². The molecule has 0 aliphatic heterocycles. The van der Waals surface area contributed by atoms with Crippen molar-refractivity contribution in [1.82, 2.24) is 0 Å². The van der Waals surface area contributed by atoms with Crippen LogP contribution in [0, 0.1) is 13.8 Å². The fourth-order valence-electron chi connectivity index (χ4n) is 1.68. The minimum Gasteiger partial charge on any atom is -0.391 e. The van der Waals surface area contributed by atoms with E-state index in [1.807, 2.05) is 26.0 Å². The zero-order valence-electron chi connectivity index (χ0n) is 9.77. The van der Waals surface area contributed by atoms with E-state index in [0.717, 1.165) is 5.56 Å². The summed E-state index contributed by atoms with van der Waals surface area (Å²) >= 11 is 0. The molecule has 3 nitrogen and oxygen atoms in total. The first-order valence-corrected chi connectivity index (χ1v) is 6.80. The van der Waals surface area contributed by atoms with E-state index in [1.165, 1.54) is 11.1 Å². The van der Waals surface area contributed by atoms with Crippen LogP contribution < -0.4 is 5.73 Å². The van der Waals surface area contributed by atoms with E-state index in [1.54, 1.807) is 0 Å². The minimum absolute atomic E-state index is 0.165. The van der Waals surface area contributed by atoms with Crippen LogP contribution in [0.1, 0.15) is 16.7 Å². The van der Waals surface area contributed by atoms with Crippen LogP contribution in [0.4, 0.5) is 0 Å². The van der Waals surface area contributed by atoms with Crippen molar-refractivity contribution in [3.63, 3.8) is 0 Å². The molecule has 2 atom stereocenters. The number of aliphatic hydroxyl groups is 1. The van der Waals surface area contributed by atoms with Crippen LogP contribution in [0.5, 0.6) is 0 Å². The van der Waals surface area contributed by atoms with Gasteiger partial charge in [0.1, 0.15) is 0 Å². The van der Waals surface area contributed by atoms with Crippen molar-refractivity contribution >= 4 is 10.8 Å². The molecule has 1 rings (SSSR count). The zero-order valence-corrected chi connectivity index (χ0v) is 10.6. The molecule has 0 heterocycles. The van der Waals surface area contributed by atoms with Crippen molar-refractivity contribution in [2.24, 2.45) is 5.73 Å². The molecule has 0 radical (unpaired) electrons. The monoisotopic (exact) mass is 241 g/mol. The molecule has 90 valence electrons. The molecular weight excluding hydrogens is 222 g/mol. The van der Waals surface area contributed by atoms with Crippen molar-refractivity contribution in [2.45, 2.75) is 25.7 Å². The van der Waals surface area contributed by atoms with Gasteiger partial charge in [0.2, 0.25) is 0 Å². The second-order valence-electron chi connectivity index (χ2n) is 4.14. The molecule has 0 bridgehead atoms. The van der Waals surface area contributed by atoms with Gasteiger partial charge >= 0.3 is 0 Å². The Labute approximate surface area is 99.1 Å². The van der Waals surface area contributed by atoms with E-state index >= 15 is 0 Å². The lowest BCUT2D eigenvalue weighted by atomic mass is 10.1. The second-order valence-corrected chi connectivity index (χ2v) is 5.64. The quantitative estimate of drug-likeness (QED) is 0.804. The Bertz CT molecular complexity index is 359. The first-order valence-electron chi connectivity index (χ1n) is 5.31. The molecule has 0 saturated heterocycles. The summed E-state index contributed by atoms with van der Waals surface area (Å²) in [4.78, 5) is 0. The molecular formula is C12H19NO2S. The molecule has 0 spiro atoms. The lowest BCUT2D eigenvalue weighted by molar-refractivity contribution is 0.207. The fraction of sp³-hybridized carbons (Fsp3) is 0.500. The smallest absolute Gasteiger partial charge is 0.0777 e. The van der Waals surface area contributed by atoms with E-state index < -0.39 is 16.9 Å². The number of benzene rings is 1. The first kappa shape index (κ1) is 13.4. The zero-order chi connectivity index (χ0) is 12.1. The number of aryl methyl sites for hydroxylation is 2. The van der Waals surface area contributed by atoms with E-state index in [0.29, 0.717) is 5.75 Å². The highest BCUT2D eigenvalue weighted by atomic mass is 32.2. The summed E-state index contributed by atoms with van der Waals surface area (Å²) in [7, 11) is -1.05. The highest BCUT2D eigenvalue weighted by Crippen LogP contribution is 2.11. The van der Waals surface area contributed by atoms with Gasteiger partial charge in [0.15, 0.2) is 0 Å². The van der Waals surface area contributed by atoms with Crippen LogP contribution >= 0.6 is 0 Å². The summed E-state index contributed by atoms with van der Waals surface area (Å²) in [6.07, 6.45) is -0.660.